The molecular weight excluding hydrogens is 146 g/mol. The van der Waals surface area contributed by atoms with Crippen molar-refractivity contribution in [3.05, 3.63) is 0 Å². The molecule has 0 radical (unpaired) electrons. The number of alkyl halides is 1. The molecule has 0 fully saturated rings. The second kappa shape index (κ2) is 4.73. The third kappa shape index (κ3) is 3.89. The fourth-order valence-corrected chi connectivity index (χ4v) is 1.02. The molecule has 0 bridgehead atoms. The molecule has 10 heavy (non-hydrogen) atoms. The first-order valence-corrected chi connectivity index (χ1v) is 4.22. The number of hydrogen-bond donors (Lipinski definition) is 0. The van der Waals surface area contributed by atoms with Gasteiger partial charge in [-0.1, -0.05) is 6.92 Å². The van der Waals surface area contributed by atoms with Crippen LogP contribution >= 0.6 is 11.6 Å². The van der Waals surface area contributed by atoms with Crippen molar-refractivity contribution in [3.63, 3.8) is 0 Å². The molecule has 0 aliphatic rings. The van der Waals surface area contributed by atoms with Crippen molar-refractivity contribution in [2.45, 2.75) is 45.5 Å². The highest BCUT2D eigenvalue weighted by atomic mass is 35.5. The molecule has 0 rings (SSSR count). The molecule has 1 nitrogen and oxygen atoms in total. The lowest BCUT2D eigenvalue weighted by atomic mass is 10.2. The Kier molecular flexibility index (Phi) is 4.71. The highest BCUT2D eigenvalue weighted by Gasteiger charge is 2.03. The topological polar surface area (TPSA) is 12.4 Å². The molecule has 0 spiro atoms. The predicted molar refractivity (Wildman–Crippen MR) is 48.2 cm³/mol. The van der Waals surface area contributed by atoms with Gasteiger partial charge in [0.1, 0.15) is 0 Å². The molecule has 0 heterocycles. The maximum absolute atomic E-state index is 5.86. The Balaban J connectivity index is 4.04. The standard InChI is InChI=1S/C8H16ClN/c1-5-8(7(4)9)10-6(2)3/h6-7H,5H2,1-4H3. The van der Waals surface area contributed by atoms with Crippen LogP contribution in [0.1, 0.15) is 34.1 Å². The third-order valence-corrected chi connectivity index (χ3v) is 1.50. The van der Waals surface area contributed by atoms with Crippen molar-refractivity contribution in [1.82, 2.24) is 0 Å². The first-order valence-electron chi connectivity index (χ1n) is 3.78. The lowest BCUT2D eigenvalue weighted by Gasteiger charge is -2.07. The van der Waals surface area contributed by atoms with Crippen LogP contribution in [0.5, 0.6) is 0 Å². The molecule has 0 aliphatic carbocycles. The van der Waals surface area contributed by atoms with E-state index in [4.69, 9.17) is 11.6 Å². The van der Waals surface area contributed by atoms with E-state index in [9.17, 15) is 0 Å². The molecule has 60 valence electrons. The van der Waals surface area contributed by atoms with E-state index < -0.39 is 0 Å². The van der Waals surface area contributed by atoms with Crippen LogP contribution in [0.2, 0.25) is 0 Å². The van der Waals surface area contributed by atoms with E-state index in [0.717, 1.165) is 12.1 Å². The first-order chi connectivity index (χ1) is 4.57. The molecule has 0 N–H and O–H groups in total. The van der Waals surface area contributed by atoms with Gasteiger partial charge in [0.2, 0.25) is 0 Å². The fourth-order valence-electron chi connectivity index (χ4n) is 0.807. The maximum Gasteiger partial charge on any atom is 0.0685 e. The van der Waals surface area contributed by atoms with Gasteiger partial charge in [-0.2, -0.15) is 0 Å². The smallest absolute Gasteiger partial charge is 0.0685 e. The summed E-state index contributed by atoms with van der Waals surface area (Å²) in [6.07, 6.45) is 0.961. The van der Waals surface area contributed by atoms with E-state index in [1.54, 1.807) is 0 Å². The second-order valence-corrected chi connectivity index (χ2v) is 3.34. The van der Waals surface area contributed by atoms with E-state index in [2.05, 4.69) is 25.8 Å². The summed E-state index contributed by atoms with van der Waals surface area (Å²) in [5, 5.41) is 0.0902. The molecule has 0 saturated heterocycles. The van der Waals surface area contributed by atoms with Crippen LogP contribution in [-0.2, 0) is 0 Å². The molecule has 0 aliphatic heterocycles. The normalized spacial score (nSPS) is 16.0. The summed E-state index contributed by atoms with van der Waals surface area (Å²) in [5.74, 6) is 0. The molecule has 0 aromatic rings. The van der Waals surface area contributed by atoms with E-state index in [0.29, 0.717) is 6.04 Å². The van der Waals surface area contributed by atoms with Crippen LogP contribution in [0.15, 0.2) is 4.99 Å². The van der Waals surface area contributed by atoms with E-state index in [1.807, 2.05) is 6.92 Å². The van der Waals surface area contributed by atoms with Crippen LogP contribution in [0.25, 0.3) is 0 Å². The summed E-state index contributed by atoms with van der Waals surface area (Å²) in [6.45, 7) is 8.18. The number of rotatable bonds is 3. The zero-order valence-electron chi connectivity index (χ0n) is 7.19. The van der Waals surface area contributed by atoms with Gasteiger partial charge in [0.25, 0.3) is 0 Å². The Morgan fingerprint density at radius 2 is 1.90 bits per heavy atom. The minimum Gasteiger partial charge on any atom is -0.290 e. The number of halogens is 1. The Morgan fingerprint density at radius 3 is 2.00 bits per heavy atom. The first kappa shape index (κ1) is 9.96. The van der Waals surface area contributed by atoms with Gasteiger partial charge in [-0.3, -0.25) is 4.99 Å². The van der Waals surface area contributed by atoms with Crippen molar-refractivity contribution in [3.8, 4) is 0 Å². The molecule has 0 saturated carbocycles. The van der Waals surface area contributed by atoms with Gasteiger partial charge in [0.05, 0.1) is 5.38 Å². The van der Waals surface area contributed by atoms with Crippen LogP contribution in [0.3, 0.4) is 0 Å². The summed E-state index contributed by atoms with van der Waals surface area (Å²) in [4.78, 5) is 4.38. The van der Waals surface area contributed by atoms with Gasteiger partial charge in [-0.25, -0.2) is 0 Å². The maximum atomic E-state index is 5.86. The van der Waals surface area contributed by atoms with Gasteiger partial charge in [0.15, 0.2) is 0 Å². The van der Waals surface area contributed by atoms with E-state index in [1.165, 1.54) is 0 Å². The van der Waals surface area contributed by atoms with Gasteiger partial charge < -0.3 is 0 Å². The van der Waals surface area contributed by atoms with Crippen molar-refractivity contribution in [2.75, 3.05) is 0 Å². The number of hydrogen-bond acceptors (Lipinski definition) is 1. The number of nitrogens with zero attached hydrogens (tertiary/aromatic N) is 1. The lowest BCUT2D eigenvalue weighted by Crippen LogP contribution is -2.11. The Bertz CT molecular complexity index is 116. The largest absolute Gasteiger partial charge is 0.290 e. The van der Waals surface area contributed by atoms with Crippen molar-refractivity contribution in [1.29, 1.82) is 0 Å². The zero-order chi connectivity index (χ0) is 8.15. The summed E-state index contributed by atoms with van der Waals surface area (Å²) < 4.78 is 0. The Morgan fingerprint density at radius 1 is 1.40 bits per heavy atom. The van der Waals surface area contributed by atoms with E-state index in [-0.39, 0.29) is 5.38 Å². The molecule has 1 unspecified atom stereocenters. The zero-order valence-corrected chi connectivity index (χ0v) is 7.94. The number of aliphatic imine (C=N–C) groups is 1. The quantitative estimate of drug-likeness (QED) is 0.446. The monoisotopic (exact) mass is 161 g/mol. The summed E-state index contributed by atoms with van der Waals surface area (Å²) in [5.41, 5.74) is 1.11. The average Bonchev–Trinajstić information content (AvgIpc) is 1.81. The average molecular weight is 162 g/mol. The van der Waals surface area contributed by atoms with Gasteiger partial charge in [-0.05, 0) is 27.2 Å². The molecule has 1 atom stereocenters. The van der Waals surface area contributed by atoms with Gasteiger partial charge in [0, 0.05) is 11.8 Å². The summed E-state index contributed by atoms with van der Waals surface area (Å²) in [6, 6.07) is 0.371. The van der Waals surface area contributed by atoms with E-state index >= 15 is 0 Å². The minimum absolute atomic E-state index is 0.0902. The SMILES string of the molecule is CCC(=NC(C)C)C(C)Cl. The van der Waals surface area contributed by atoms with Gasteiger partial charge in [-0.15, -0.1) is 11.6 Å². The molecule has 2 heteroatoms. The predicted octanol–water partition coefficient (Wildman–Crippen LogP) is 2.87. The highest BCUT2D eigenvalue weighted by Crippen LogP contribution is 2.03. The fraction of sp³-hybridized carbons (Fsp3) is 0.875. The Labute approximate surface area is 68.5 Å². The molecule has 0 amide bonds. The van der Waals surface area contributed by atoms with Crippen molar-refractivity contribution >= 4 is 17.3 Å². The third-order valence-electron chi connectivity index (χ3n) is 1.25. The Hall–Kier alpha value is -0.0400. The lowest BCUT2D eigenvalue weighted by molar-refractivity contribution is 0.824. The highest BCUT2D eigenvalue weighted by molar-refractivity contribution is 6.31. The minimum atomic E-state index is 0.0902. The van der Waals surface area contributed by atoms with Crippen LogP contribution < -0.4 is 0 Å². The molecule has 0 aromatic heterocycles. The van der Waals surface area contributed by atoms with Crippen LogP contribution in [-0.4, -0.2) is 17.1 Å². The summed E-state index contributed by atoms with van der Waals surface area (Å²) in [7, 11) is 0. The van der Waals surface area contributed by atoms with Gasteiger partial charge >= 0.3 is 0 Å². The van der Waals surface area contributed by atoms with Crippen LogP contribution in [0, 0.1) is 0 Å². The molecule has 0 aromatic carbocycles. The summed E-state index contributed by atoms with van der Waals surface area (Å²) >= 11 is 5.86. The van der Waals surface area contributed by atoms with Crippen LogP contribution in [0.4, 0.5) is 0 Å². The molecular formula is C8H16ClN. The van der Waals surface area contributed by atoms with Crippen molar-refractivity contribution in [2.24, 2.45) is 4.99 Å². The van der Waals surface area contributed by atoms with Crippen molar-refractivity contribution < 1.29 is 0 Å². The second-order valence-electron chi connectivity index (χ2n) is 2.68.